The molecule has 4 aliphatic rings. The number of rotatable bonds is 5. The number of carbonyl (C=O) groups is 2. The molecule has 0 saturated heterocycles. The van der Waals surface area contributed by atoms with E-state index in [1.54, 1.807) is 0 Å². The summed E-state index contributed by atoms with van der Waals surface area (Å²) < 4.78 is 20.9. The summed E-state index contributed by atoms with van der Waals surface area (Å²) in [4.78, 5) is 24.4. The Morgan fingerprint density at radius 2 is 2.03 bits per heavy atom. The zero-order valence-corrected chi connectivity index (χ0v) is 19.6. The second-order valence-electron chi connectivity index (χ2n) is 11.1. The van der Waals surface area contributed by atoms with Crippen molar-refractivity contribution < 1.29 is 23.8 Å². The summed E-state index contributed by atoms with van der Waals surface area (Å²) in [6, 6.07) is 0. The molecule has 0 spiro atoms. The predicted octanol–water partition coefficient (Wildman–Crippen LogP) is 5.52. The molecule has 0 heterocycles. The summed E-state index contributed by atoms with van der Waals surface area (Å²) in [5.74, 6) is -0.162. The molecule has 0 amide bonds. The Morgan fingerprint density at radius 3 is 2.71 bits per heavy atom. The van der Waals surface area contributed by atoms with Gasteiger partial charge in [-0.3, -0.25) is 9.59 Å². The molecule has 0 aromatic carbocycles. The lowest BCUT2D eigenvalue weighted by Crippen LogP contribution is -2.58. The van der Waals surface area contributed by atoms with Gasteiger partial charge in [0.05, 0.1) is 6.10 Å². The highest BCUT2D eigenvalue weighted by molar-refractivity contribution is 5.95. The molecule has 0 aliphatic heterocycles. The number of allylic oxidation sites excluding steroid dienone is 1. The van der Waals surface area contributed by atoms with E-state index in [0.717, 1.165) is 32.1 Å². The smallest absolute Gasteiger partial charge is 0.305 e. The van der Waals surface area contributed by atoms with Crippen molar-refractivity contribution >= 4 is 11.8 Å². The third kappa shape index (κ3) is 3.41. The monoisotopic (exact) mass is 434 g/mol. The maximum Gasteiger partial charge on any atom is 0.305 e. The van der Waals surface area contributed by atoms with Crippen LogP contribution in [0.3, 0.4) is 0 Å². The lowest BCUT2D eigenvalue weighted by Gasteiger charge is -2.60. The fourth-order valence-corrected chi connectivity index (χ4v) is 8.26. The zero-order chi connectivity index (χ0) is 22.6. The molecule has 31 heavy (non-hydrogen) atoms. The number of esters is 1. The number of halogens is 1. The first kappa shape index (κ1) is 22.9. The van der Waals surface area contributed by atoms with Crippen LogP contribution >= 0.6 is 0 Å². The summed E-state index contributed by atoms with van der Waals surface area (Å²) in [7, 11) is 0. The number of unbranched alkanes of at least 4 members (excludes halogenated alkanes) is 1. The third-order valence-electron chi connectivity index (χ3n) is 9.51. The van der Waals surface area contributed by atoms with E-state index in [0.29, 0.717) is 37.2 Å². The van der Waals surface area contributed by atoms with Crippen molar-refractivity contribution in [1.29, 1.82) is 0 Å². The summed E-state index contributed by atoms with van der Waals surface area (Å²) >= 11 is 0. The van der Waals surface area contributed by atoms with Gasteiger partial charge < -0.3 is 9.84 Å². The van der Waals surface area contributed by atoms with Crippen LogP contribution in [0.1, 0.15) is 91.9 Å². The number of fused-ring (bicyclic) bond motifs is 5. The van der Waals surface area contributed by atoms with Crippen LogP contribution in [0.2, 0.25) is 0 Å². The van der Waals surface area contributed by atoms with Crippen LogP contribution in [0, 0.1) is 34.5 Å². The third-order valence-corrected chi connectivity index (χ3v) is 9.51. The quantitative estimate of drug-likeness (QED) is 0.578. The number of aliphatic hydroxyl groups excluding tert-OH is 1. The van der Waals surface area contributed by atoms with Gasteiger partial charge in [-0.05, 0) is 73.2 Å². The molecule has 4 rings (SSSR count). The van der Waals surface area contributed by atoms with E-state index >= 15 is 0 Å². The number of carbonyl (C=O) groups excluding carboxylic acids is 2. The molecule has 8 atom stereocenters. The second-order valence-corrected chi connectivity index (χ2v) is 11.1. The van der Waals surface area contributed by atoms with E-state index in [1.807, 2.05) is 6.92 Å². The molecule has 0 radical (unpaired) electrons. The molecule has 0 aromatic heterocycles. The molecule has 174 valence electrons. The summed E-state index contributed by atoms with van der Waals surface area (Å²) in [5, 5.41) is 11.6. The van der Waals surface area contributed by atoms with Gasteiger partial charge in [0, 0.05) is 18.3 Å². The van der Waals surface area contributed by atoms with Gasteiger partial charge in [0.25, 0.3) is 0 Å². The summed E-state index contributed by atoms with van der Waals surface area (Å²) in [6.07, 6.45) is 6.64. The fraction of sp³-hybridized carbons (Fsp3) is 0.846. The van der Waals surface area contributed by atoms with Crippen molar-refractivity contribution in [1.82, 2.24) is 0 Å². The van der Waals surface area contributed by atoms with Gasteiger partial charge in [-0.25, -0.2) is 4.39 Å². The first-order valence-electron chi connectivity index (χ1n) is 12.5. The molecule has 5 heteroatoms. The topological polar surface area (TPSA) is 63.6 Å². The van der Waals surface area contributed by atoms with Crippen LogP contribution in [-0.4, -0.2) is 29.1 Å². The molecule has 1 N–H and O–H groups in total. The molecular weight excluding hydrogens is 395 g/mol. The molecule has 4 aliphatic carbocycles. The largest absolute Gasteiger partial charge is 0.461 e. The van der Waals surface area contributed by atoms with E-state index in [4.69, 9.17) is 4.74 Å². The average molecular weight is 435 g/mol. The Morgan fingerprint density at radius 1 is 1.29 bits per heavy atom. The SMILES string of the molecule is CCCC[C@]12C[C@H](O)[C@H]3[C@@H](CCC4=C(F)C(=O)CC[C@@]43C)[C@@H]1C[C@@H](C)[C@H]2OC(=O)CC. The number of aliphatic hydroxyl groups is 1. The van der Waals surface area contributed by atoms with Crippen molar-refractivity contribution in [3.05, 3.63) is 11.4 Å². The Kier molecular flexibility index (Phi) is 6.13. The minimum atomic E-state index is -0.562. The number of hydrogen-bond donors (Lipinski definition) is 1. The molecule has 3 saturated carbocycles. The predicted molar refractivity (Wildman–Crippen MR) is 117 cm³/mol. The van der Waals surface area contributed by atoms with Crippen LogP contribution in [0.15, 0.2) is 11.4 Å². The number of Topliss-reactive ketones (excluding diaryl/α,β-unsaturated/α-hetero) is 1. The van der Waals surface area contributed by atoms with Crippen LogP contribution in [0.5, 0.6) is 0 Å². The maximum atomic E-state index is 14.9. The summed E-state index contributed by atoms with van der Waals surface area (Å²) in [6.45, 7) is 8.29. The number of ketones is 1. The van der Waals surface area contributed by atoms with Crippen LogP contribution < -0.4 is 0 Å². The Bertz CT molecular complexity index is 775. The molecule has 0 aromatic rings. The lowest BCUT2D eigenvalue weighted by molar-refractivity contribution is -0.178. The van der Waals surface area contributed by atoms with Gasteiger partial charge in [-0.2, -0.15) is 0 Å². The average Bonchev–Trinajstić information content (AvgIpc) is 3.01. The molecule has 0 unspecified atom stereocenters. The maximum absolute atomic E-state index is 14.9. The fourth-order valence-electron chi connectivity index (χ4n) is 8.26. The van der Waals surface area contributed by atoms with Gasteiger partial charge in [-0.15, -0.1) is 0 Å². The standard InChI is InChI=1S/C26H39FO4/c1-5-7-11-26-14-20(29)22-16(18(26)13-15(3)24(26)31-21(30)6-2)8-9-17-23(27)19(28)10-12-25(17,22)4/h15-16,18,20,22,24,29H,5-14H2,1-4H3/t15-,16+,18+,20+,22-,24-,25+,26+/m1/s1. The molecule has 4 nitrogen and oxygen atoms in total. The van der Waals surface area contributed by atoms with Gasteiger partial charge in [0.1, 0.15) is 6.10 Å². The molecule has 3 fully saturated rings. The first-order valence-corrected chi connectivity index (χ1v) is 12.5. The van der Waals surface area contributed by atoms with E-state index in [-0.39, 0.29) is 47.4 Å². The summed E-state index contributed by atoms with van der Waals surface area (Å²) in [5.41, 5.74) is 0.0187. The first-order chi connectivity index (χ1) is 14.7. The highest BCUT2D eigenvalue weighted by atomic mass is 19.1. The number of ether oxygens (including phenoxy) is 1. The minimum absolute atomic E-state index is 0.0253. The molecular formula is C26H39FO4. The van der Waals surface area contributed by atoms with Crippen molar-refractivity contribution in [3.63, 3.8) is 0 Å². The second kappa shape index (κ2) is 8.28. The number of hydrogen-bond acceptors (Lipinski definition) is 4. The van der Waals surface area contributed by atoms with Gasteiger partial charge in [-0.1, -0.05) is 40.5 Å². The van der Waals surface area contributed by atoms with Gasteiger partial charge in [0.15, 0.2) is 11.6 Å². The van der Waals surface area contributed by atoms with Crippen molar-refractivity contribution in [2.24, 2.45) is 34.5 Å². The van der Waals surface area contributed by atoms with E-state index in [1.165, 1.54) is 0 Å². The highest BCUT2D eigenvalue weighted by Crippen LogP contribution is 2.68. The Balaban J connectivity index is 1.74. The van der Waals surface area contributed by atoms with Crippen LogP contribution in [0.25, 0.3) is 0 Å². The van der Waals surface area contributed by atoms with Crippen LogP contribution in [0.4, 0.5) is 4.39 Å². The van der Waals surface area contributed by atoms with E-state index < -0.39 is 17.3 Å². The van der Waals surface area contributed by atoms with Crippen molar-refractivity contribution in [2.45, 2.75) is 104 Å². The minimum Gasteiger partial charge on any atom is -0.461 e. The Hall–Kier alpha value is -1.23. The van der Waals surface area contributed by atoms with Crippen molar-refractivity contribution in [2.75, 3.05) is 0 Å². The zero-order valence-electron chi connectivity index (χ0n) is 19.6. The molecule has 0 bridgehead atoms. The normalized spacial score (nSPS) is 44.5. The van der Waals surface area contributed by atoms with E-state index in [9.17, 15) is 19.1 Å². The van der Waals surface area contributed by atoms with Crippen LogP contribution in [-0.2, 0) is 14.3 Å². The Labute approximate surface area is 186 Å². The van der Waals surface area contributed by atoms with Gasteiger partial charge >= 0.3 is 5.97 Å². The van der Waals surface area contributed by atoms with Gasteiger partial charge in [0.2, 0.25) is 0 Å². The van der Waals surface area contributed by atoms with E-state index in [2.05, 4.69) is 20.8 Å². The van der Waals surface area contributed by atoms with Crippen molar-refractivity contribution in [3.8, 4) is 0 Å². The highest BCUT2D eigenvalue weighted by Gasteiger charge is 2.66. The lowest BCUT2D eigenvalue weighted by atomic mass is 9.45.